The molecule has 0 N–H and O–H groups in total. The van der Waals surface area contributed by atoms with E-state index in [1.54, 1.807) is 13.2 Å². The van der Waals surface area contributed by atoms with E-state index in [0.29, 0.717) is 16.9 Å². The molecule has 0 saturated heterocycles. The maximum Gasteiger partial charge on any atom is 0.270 e. The van der Waals surface area contributed by atoms with E-state index < -0.39 is 4.92 Å². The van der Waals surface area contributed by atoms with Crippen molar-refractivity contribution < 1.29 is 9.72 Å². The van der Waals surface area contributed by atoms with E-state index in [1.165, 1.54) is 30.0 Å². The van der Waals surface area contributed by atoms with E-state index in [1.807, 2.05) is 0 Å². The third-order valence-electron chi connectivity index (χ3n) is 2.02. The second kappa shape index (κ2) is 4.93. The molecular formula is C10H11NO3S. The van der Waals surface area contributed by atoms with Gasteiger partial charge in [-0.2, -0.15) is 0 Å². The van der Waals surface area contributed by atoms with Crippen LogP contribution in [0.4, 0.5) is 5.69 Å². The second-order valence-electron chi connectivity index (χ2n) is 2.92. The zero-order valence-electron chi connectivity index (χ0n) is 8.52. The van der Waals surface area contributed by atoms with Crippen molar-refractivity contribution in [1.82, 2.24) is 0 Å². The number of non-ortho nitro benzene ring substituents is 1. The summed E-state index contributed by atoms with van der Waals surface area (Å²) in [7, 11) is 0. The number of Topliss-reactive ketones (excluding diaryl/α,β-unsaturated/α-hetero) is 1. The van der Waals surface area contributed by atoms with Crippen LogP contribution in [-0.2, 0) is 0 Å². The molecule has 1 rings (SSSR count). The van der Waals surface area contributed by atoms with Crippen molar-refractivity contribution in [3.63, 3.8) is 0 Å². The number of nitrogens with zero attached hydrogens (tertiary/aromatic N) is 1. The highest BCUT2D eigenvalue weighted by Crippen LogP contribution is 2.26. The van der Waals surface area contributed by atoms with Crippen LogP contribution in [-0.4, -0.2) is 17.0 Å². The normalized spacial score (nSPS) is 10.0. The van der Waals surface area contributed by atoms with Crippen molar-refractivity contribution in [3.8, 4) is 0 Å². The number of nitro benzene ring substituents is 1. The van der Waals surface area contributed by atoms with Crippen molar-refractivity contribution in [2.75, 3.05) is 6.26 Å². The van der Waals surface area contributed by atoms with Gasteiger partial charge >= 0.3 is 0 Å². The van der Waals surface area contributed by atoms with Gasteiger partial charge in [0.2, 0.25) is 0 Å². The number of hydrogen-bond acceptors (Lipinski definition) is 4. The fourth-order valence-corrected chi connectivity index (χ4v) is 1.85. The average molecular weight is 225 g/mol. The Bertz CT molecular complexity index is 404. The van der Waals surface area contributed by atoms with E-state index in [-0.39, 0.29) is 11.5 Å². The summed E-state index contributed by atoms with van der Waals surface area (Å²) in [6.45, 7) is 1.77. The van der Waals surface area contributed by atoms with Gasteiger partial charge in [0.05, 0.1) is 4.92 Å². The lowest BCUT2D eigenvalue weighted by molar-refractivity contribution is -0.385. The van der Waals surface area contributed by atoms with E-state index >= 15 is 0 Å². The smallest absolute Gasteiger partial charge is 0.270 e. The highest BCUT2D eigenvalue weighted by atomic mass is 32.2. The molecule has 0 fully saturated rings. The molecule has 0 saturated carbocycles. The molecule has 1 aromatic rings. The molecule has 0 heterocycles. The number of hydrogen-bond donors (Lipinski definition) is 0. The second-order valence-corrected chi connectivity index (χ2v) is 3.77. The number of benzene rings is 1. The first-order valence-corrected chi connectivity index (χ1v) is 5.68. The number of nitro groups is 1. The summed E-state index contributed by atoms with van der Waals surface area (Å²) in [5, 5.41) is 10.5. The summed E-state index contributed by atoms with van der Waals surface area (Å²) in [5.41, 5.74) is 0.586. The Labute approximate surface area is 91.8 Å². The van der Waals surface area contributed by atoms with Crippen molar-refractivity contribution >= 4 is 23.2 Å². The highest BCUT2D eigenvalue weighted by Gasteiger charge is 2.13. The molecule has 0 amide bonds. The molecule has 0 unspecified atom stereocenters. The molecule has 0 aromatic heterocycles. The third kappa shape index (κ3) is 2.56. The van der Waals surface area contributed by atoms with Crippen molar-refractivity contribution in [2.45, 2.75) is 18.2 Å². The molecule has 15 heavy (non-hydrogen) atoms. The maximum atomic E-state index is 11.5. The minimum absolute atomic E-state index is 0.00856. The predicted octanol–water partition coefficient (Wildman–Crippen LogP) is 2.91. The van der Waals surface area contributed by atoms with Crippen LogP contribution in [0.25, 0.3) is 0 Å². The molecule has 0 radical (unpaired) electrons. The van der Waals surface area contributed by atoms with Gasteiger partial charge in [-0.15, -0.1) is 11.8 Å². The van der Waals surface area contributed by atoms with Crippen LogP contribution >= 0.6 is 11.8 Å². The van der Waals surface area contributed by atoms with Gasteiger partial charge in [-0.25, -0.2) is 0 Å². The molecule has 80 valence electrons. The summed E-state index contributed by atoms with van der Waals surface area (Å²) in [4.78, 5) is 22.2. The van der Waals surface area contributed by atoms with Gasteiger partial charge in [-0.3, -0.25) is 14.9 Å². The van der Waals surface area contributed by atoms with Crippen LogP contribution in [0, 0.1) is 10.1 Å². The maximum absolute atomic E-state index is 11.5. The van der Waals surface area contributed by atoms with E-state index in [4.69, 9.17) is 0 Å². The van der Waals surface area contributed by atoms with E-state index in [2.05, 4.69) is 0 Å². The van der Waals surface area contributed by atoms with E-state index in [0.717, 1.165) is 0 Å². The van der Waals surface area contributed by atoms with Gasteiger partial charge in [-0.1, -0.05) is 6.92 Å². The van der Waals surface area contributed by atoms with E-state index in [9.17, 15) is 14.9 Å². The SMILES string of the molecule is CCC(=O)c1ccc([N+](=O)[O-])cc1SC. The number of carbonyl (C=O) groups is 1. The third-order valence-corrected chi connectivity index (χ3v) is 2.80. The predicted molar refractivity (Wildman–Crippen MR) is 59.5 cm³/mol. The zero-order valence-corrected chi connectivity index (χ0v) is 9.34. The number of ketones is 1. The Hall–Kier alpha value is -1.36. The van der Waals surface area contributed by atoms with Crippen LogP contribution in [0.1, 0.15) is 23.7 Å². The first-order chi connectivity index (χ1) is 7.10. The first-order valence-electron chi connectivity index (χ1n) is 4.45. The average Bonchev–Trinajstić information content (AvgIpc) is 2.27. The van der Waals surface area contributed by atoms with Crippen molar-refractivity contribution in [2.24, 2.45) is 0 Å². The summed E-state index contributed by atoms with van der Waals surface area (Å²) in [6.07, 6.45) is 2.21. The summed E-state index contributed by atoms with van der Waals surface area (Å²) in [6, 6.07) is 4.33. The van der Waals surface area contributed by atoms with Gasteiger partial charge in [0, 0.05) is 29.0 Å². The van der Waals surface area contributed by atoms with Crippen LogP contribution in [0.2, 0.25) is 0 Å². The molecular weight excluding hydrogens is 214 g/mol. The standard InChI is InChI=1S/C10H11NO3S/c1-3-9(12)8-5-4-7(11(13)14)6-10(8)15-2/h4-6H,3H2,1-2H3. The van der Waals surface area contributed by atoms with Crippen molar-refractivity contribution in [3.05, 3.63) is 33.9 Å². The number of thioether (sulfide) groups is 1. The number of carbonyl (C=O) groups excluding carboxylic acids is 1. The number of rotatable bonds is 4. The Kier molecular flexibility index (Phi) is 3.85. The van der Waals surface area contributed by atoms with Crippen LogP contribution < -0.4 is 0 Å². The molecule has 0 aliphatic carbocycles. The molecule has 5 heteroatoms. The van der Waals surface area contributed by atoms with Gasteiger partial charge in [0.25, 0.3) is 5.69 Å². The summed E-state index contributed by atoms with van der Waals surface area (Å²) in [5.74, 6) is 0.00856. The van der Waals surface area contributed by atoms with Crippen LogP contribution in [0.3, 0.4) is 0 Å². The molecule has 1 aromatic carbocycles. The van der Waals surface area contributed by atoms with Crippen LogP contribution in [0.15, 0.2) is 23.1 Å². The molecule has 0 spiro atoms. The molecule has 0 aliphatic rings. The Morgan fingerprint density at radius 1 is 1.53 bits per heavy atom. The topological polar surface area (TPSA) is 60.2 Å². The minimum Gasteiger partial charge on any atom is -0.294 e. The van der Waals surface area contributed by atoms with Gasteiger partial charge in [0.15, 0.2) is 5.78 Å². The quantitative estimate of drug-likeness (QED) is 0.342. The fourth-order valence-electron chi connectivity index (χ4n) is 1.21. The van der Waals surface area contributed by atoms with Gasteiger partial charge in [0.1, 0.15) is 0 Å². The van der Waals surface area contributed by atoms with Crippen molar-refractivity contribution in [1.29, 1.82) is 0 Å². The molecule has 4 nitrogen and oxygen atoms in total. The zero-order chi connectivity index (χ0) is 11.4. The minimum atomic E-state index is -0.458. The first kappa shape index (κ1) is 11.7. The largest absolute Gasteiger partial charge is 0.294 e. The van der Waals surface area contributed by atoms with Crippen LogP contribution in [0.5, 0.6) is 0 Å². The fraction of sp³-hybridized carbons (Fsp3) is 0.300. The Balaban J connectivity index is 3.20. The van der Waals surface area contributed by atoms with Gasteiger partial charge in [-0.05, 0) is 12.3 Å². The Morgan fingerprint density at radius 2 is 2.20 bits per heavy atom. The Morgan fingerprint density at radius 3 is 2.67 bits per heavy atom. The molecule has 0 aliphatic heterocycles. The molecule has 0 atom stereocenters. The highest BCUT2D eigenvalue weighted by molar-refractivity contribution is 7.98. The van der Waals surface area contributed by atoms with Gasteiger partial charge < -0.3 is 0 Å². The molecule has 0 bridgehead atoms. The lowest BCUT2D eigenvalue weighted by Gasteiger charge is -2.04. The lowest BCUT2D eigenvalue weighted by atomic mass is 10.1. The summed E-state index contributed by atoms with van der Waals surface area (Å²) < 4.78 is 0. The monoisotopic (exact) mass is 225 g/mol. The summed E-state index contributed by atoms with van der Waals surface area (Å²) >= 11 is 1.35. The lowest BCUT2D eigenvalue weighted by Crippen LogP contribution is -1.99.